The molecule has 0 aliphatic heterocycles. The van der Waals surface area contributed by atoms with Crippen LogP contribution in [0.5, 0.6) is 0 Å². The minimum Gasteiger partial charge on any atom is -0.408 e. The summed E-state index contributed by atoms with van der Waals surface area (Å²) in [5.74, 6) is 4.39. The summed E-state index contributed by atoms with van der Waals surface area (Å²) in [5, 5.41) is 0. The van der Waals surface area contributed by atoms with E-state index in [-0.39, 0.29) is 5.91 Å². The molecule has 0 aliphatic rings. The van der Waals surface area contributed by atoms with E-state index in [9.17, 15) is 9.59 Å². The fourth-order valence-electron chi connectivity index (χ4n) is 1.83. The van der Waals surface area contributed by atoms with E-state index in [4.69, 9.17) is 10.3 Å². The third-order valence-electron chi connectivity index (χ3n) is 2.77. The summed E-state index contributed by atoms with van der Waals surface area (Å²) in [6, 6.07) is 5.61. The fraction of sp³-hybridized carbons (Fsp3) is 0.333. The third-order valence-corrected chi connectivity index (χ3v) is 2.77. The number of carbonyl (C=O) groups is 1. The summed E-state index contributed by atoms with van der Waals surface area (Å²) in [7, 11) is 0. The molecule has 6 heteroatoms. The van der Waals surface area contributed by atoms with Gasteiger partial charge in [-0.2, -0.15) is 0 Å². The van der Waals surface area contributed by atoms with E-state index in [1.54, 1.807) is 0 Å². The Kier molecular flexibility index (Phi) is 3.78. The standard InChI is InChI=1S/C12H15N3O3/c13-15-11(16)4-2-1-3-8-5-6-9-10(7-8)18-12(17)14-9/h5-7H,1-4,13H2,(H,14,17)(H,15,16). The van der Waals surface area contributed by atoms with Crippen LogP contribution in [0.2, 0.25) is 0 Å². The second-order valence-corrected chi connectivity index (χ2v) is 4.12. The van der Waals surface area contributed by atoms with Crippen LogP contribution in [0, 0.1) is 0 Å². The van der Waals surface area contributed by atoms with Gasteiger partial charge in [0.05, 0.1) is 5.52 Å². The smallest absolute Gasteiger partial charge is 0.408 e. The zero-order valence-electron chi connectivity index (χ0n) is 9.86. The summed E-state index contributed by atoms with van der Waals surface area (Å²) < 4.78 is 4.98. The average molecular weight is 249 g/mol. The van der Waals surface area contributed by atoms with Crippen molar-refractivity contribution < 1.29 is 9.21 Å². The van der Waals surface area contributed by atoms with Gasteiger partial charge in [0.15, 0.2) is 5.58 Å². The maximum Gasteiger partial charge on any atom is 0.417 e. The second kappa shape index (κ2) is 5.50. The number of nitrogens with two attached hydrogens (primary N) is 1. The molecule has 4 N–H and O–H groups in total. The van der Waals surface area contributed by atoms with Crippen molar-refractivity contribution in [2.24, 2.45) is 5.84 Å². The molecule has 1 aromatic heterocycles. The topological polar surface area (TPSA) is 101 Å². The van der Waals surface area contributed by atoms with Crippen molar-refractivity contribution in [2.75, 3.05) is 0 Å². The maximum atomic E-state index is 11.0. The number of oxazole rings is 1. The molecule has 1 aromatic carbocycles. The molecule has 1 amide bonds. The summed E-state index contributed by atoms with van der Waals surface area (Å²) in [5.41, 5.74) is 4.45. The number of fused-ring (bicyclic) bond motifs is 1. The number of hydrazine groups is 1. The number of nitrogens with one attached hydrogen (secondary N) is 2. The van der Waals surface area contributed by atoms with Crippen LogP contribution in [0.15, 0.2) is 27.4 Å². The normalized spacial score (nSPS) is 10.7. The molecule has 2 aromatic rings. The zero-order valence-corrected chi connectivity index (χ0v) is 9.86. The number of aromatic amines is 1. The number of amides is 1. The number of unbranched alkanes of at least 4 members (excludes halogenated alkanes) is 1. The first-order chi connectivity index (χ1) is 8.69. The van der Waals surface area contributed by atoms with Crippen LogP contribution < -0.4 is 17.0 Å². The average Bonchev–Trinajstić information content (AvgIpc) is 2.73. The number of aryl methyl sites for hydroxylation is 1. The van der Waals surface area contributed by atoms with Crippen molar-refractivity contribution in [1.29, 1.82) is 0 Å². The SMILES string of the molecule is NNC(=O)CCCCc1ccc2[nH]c(=O)oc2c1. The largest absolute Gasteiger partial charge is 0.417 e. The minimum absolute atomic E-state index is 0.151. The molecule has 0 atom stereocenters. The van der Waals surface area contributed by atoms with Crippen molar-refractivity contribution in [3.63, 3.8) is 0 Å². The van der Waals surface area contributed by atoms with Gasteiger partial charge in [-0.15, -0.1) is 0 Å². The number of benzene rings is 1. The van der Waals surface area contributed by atoms with Crippen LogP contribution in [0.1, 0.15) is 24.8 Å². The molecular weight excluding hydrogens is 234 g/mol. The quantitative estimate of drug-likeness (QED) is 0.316. The minimum atomic E-state index is -0.443. The molecule has 6 nitrogen and oxygen atoms in total. The fourth-order valence-corrected chi connectivity index (χ4v) is 1.83. The van der Waals surface area contributed by atoms with Crippen molar-refractivity contribution in [2.45, 2.75) is 25.7 Å². The van der Waals surface area contributed by atoms with Gasteiger partial charge in [-0.3, -0.25) is 15.2 Å². The Morgan fingerprint density at radius 3 is 3.00 bits per heavy atom. The number of rotatable bonds is 5. The van der Waals surface area contributed by atoms with Gasteiger partial charge in [-0.1, -0.05) is 6.07 Å². The highest BCUT2D eigenvalue weighted by atomic mass is 16.4. The van der Waals surface area contributed by atoms with Crippen LogP contribution >= 0.6 is 0 Å². The van der Waals surface area contributed by atoms with Crippen molar-refractivity contribution >= 4 is 17.0 Å². The molecule has 18 heavy (non-hydrogen) atoms. The molecule has 0 saturated carbocycles. The van der Waals surface area contributed by atoms with E-state index in [0.29, 0.717) is 17.5 Å². The van der Waals surface area contributed by atoms with Gasteiger partial charge in [0, 0.05) is 6.42 Å². The Bertz CT molecular complexity index is 600. The zero-order chi connectivity index (χ0) is 13.0. The lowest BCUT2D eigenvalue weighted by Gasteiger charge is -2.01. The molecule has 2 rings (SSSR count). The van der Waals surface area contributed by atoms with Gasteiger partial charge >= 0.3 is 5.76 Å². The first-order valence-corrected chi connectivity index (χ1v) is 5.80. The molecule has 0 saturated heterocycles. The van der Waals surface area contributed by atoms with Crippen molar-refractivity contribution in [3.05, 3.63) is 34.3 Å². The lowest BCUT2D eigenvalue weighted by atomic mass is 10.1. The first-order valence-electron chi connectivity index (χ1n) is 5.80. The van der Waals surface area contributed by atoms with Gasteiger partial charge in [-0.05, 0) is 37.0 Å². The molecule has 96 valence electrons. The van der Waals surface area contributed by atoms with Gasteiger partial charge in [0.1, 0.15) is 0 Å². The summed E-state index contributed by atoms with van der Waals surface area (Å²) in [4.78, 5) is 24.5. The summed E-state index contributed by atoms with van der Waals surface area (Å²) in [6.07, 6.45) is 2.92. The highest BCUT2D eigenvalue weighted by Crippen LogP contribution is 2.14. The van der Waals surface area contributed by atoms with Crippen LogP contribution in [0.4, 0.5) is 0 Å². The molecule has 0 bridgehead atoms. The van der Waals surface area contributed by atoms with Crippen LogP contribution in [0.3, 0.4) is 0 Å². The number of hydrogen-bond donors (Lipinski definition) is 3. The predicted molar refractivity (Wildman–Crippen MR) is 66.7 cm³/mol. The second-order valence-electron chi connectivity index (χ2n) is 4.12. The number of hydrogen-bond acceptors (Lipinski definition) is 4. The number of H-pyrrole nitrogens is 1. The molecule has 0 fully saturated rings. The first kappa shape index (κ1) is 12.4. The van der Waals surface area contributed by atoms with E-state index in [2.05, 4.69) is 10.4 Å². The predicted octanol–water partition coefficient (Wildman–Crippen LogP) is 0.824. The highest BCUT2D eigenvalue weighted by Gasteiger charge is 2.03. The van der Waals surface area contributed by atoms with Crippen LogP contribution in [0.25, 0.3) is 11.1 Å². The Morgan fingerprint density at radius 1 is 1.39 bits per heavy atom. The number of carbonyl (C=O) groups excluding carboxylic acids is 1. The molecular formula is C12H15N3O3. The molecule has 0 radical (unpaired) electrons. The third kappa shape index (κ3) is 2.98. The van der Waals surface area contributed by atoms with Crippen molar-refractivity contribution in [1.82, 2.24) is 10.4 Å². The lowest BCUT2D eigenvalue weighted by molar-refractivity contribution is -0.121. The van der Waals surface area contributed by atoms with E-state index in [0.717, 1.165) is 24.8 Å². The van der Waals surface area contributed by atoms with Gasteiger partial charge < -0.3 is 4.42 Å². The number of aromatic nitrogens is 1. The Labute approximate surface area is 103 Å². The molecule has 0 unspecified atom stereocenters. The van der Waals surface area contributed by atoms with Crippen molar-refractivity contribution in [3.8, 4) is 0 Å². The van der Waals surface area contributed by atoms with Gasteiger partial charge in [-0.25, -0.2) is 10.6 Å². The van der Waals surface area contributed by atoms with E-state index in [1.165, 1.54) is 0 Å². The molecule has 0 aliphatic carbocycles. The summed E-state index contributed by atoms with van der Waals surface area (Å²) >= 11 is 0. The maximum absolute atomic E-state index is 11.0. The Morgan fingerprint density at radius 2 is 2.22 bits per heavy atom. The van der Waals surface area contributed by atoms with Crippen LogP contribution in [-0.2, 0) is 11.2 Å². The lowest BCUT2D eigenvalue weighted by Crippen LogP contribution is -2.29. The Hall–Kier alpha value is -2.08. The van der Waals surface area contributed by atoms with E-state index >= 15 is 0 Å². The summed E-state index contributed by atoms with van der Waals surface area (Å²) in [6.45, 7) is 0. The van der Waals surface area contributed by atoms with Crippen LogP contribution in [-0.4, -0.2) is 10.9 Å². The van der Waals surface area contributed by atoms with Gasteiger partial charge in [0.25, 0.3) is 0 Å². The van der Waals surface area contributed by atoms with E-state index < -0.39 is 5.76 Å². The van der Waals surface area contributed by atoms with Gasteiger partial charge in [0.2, 0.25) is 5.91 Å². The highest BCUT2D eigenvalue weighted by molar-refractivity contribution is 5.75. The molecule has 1 heterocycles. The molecule has 0 spiro atoms. The van der Waals surface area contributed by atoms with E-state index in [1.807, 2.05) is 18.2 Å². The Balaban J connectivity index is 1.91. The monoisotopic (exact) mass is 249 g/mol.